The molecule has 0 fully saturated rings. The molecule has 100 valence electrons. The summed E-state index contributed by atoms with van der Waals surface area (Å²) < 4.78 is 0. The normalized spacial score (nSPS) is 10.2. The minimum Gasteiger partial charge on any atom is -0.399 e. The first-order valence-electron chi connectivity index (χ1n) is 6.49. The van der Waals surface area contributed by atoms with E-state index in [-0.39, 0.29) is 0 Å². The van der Waals surface area contributed by atoms with Gasteiger partial charge in [-0.1, -0.05) is 18.2 Å². The van der Waals surface area contributed by atoms with E-state index in [4.69, 9.17) is 5.73 Å². The molecule has 2 aromatic carbocycles. The first kappa shape index (κ1) is 13.3. The molecule has 0 unspecified atom stereocenters. The van der Waals surface area contributed by atoms with E-state index in [2.05, 4.69) is 60.3 Å². The Morgan fingerprint density at radius 2 is 1.21 bits per heavy atom. The number of rotatable bonds is 5. The fourth-order valence-corrected chi connectivity index (χ4v) is 1.97. The van der Waals surface area contributed by atoms with Gasteiger partial charge >= 0.3 is 0 Å². The molecular weight excluding hydrogens is 234 g/mol. The smallest absolute Gasteiger partial charge is 0.0365 e. The fourth-order valence-electron chi connectivity index (χ4n) is 1.97. The van der Waals surface area contributed by atoms with Crippen LogP contribution >= 0.6 is 0 Å². The Bertz CT molecular complexity index is 493. The zero-order valence-electron chi connectivity index (χ0n) is 11.6. The highest BCUT2D eigenvalue weighted by Crippen LogP contribution is 2.15. The van der Waals surface area contributed by atoms with Gasteiger partial charge < -0.3 is 15.5 Å². The van der Waals surface area contributed by atoms with Crippen LogP contribution in [0.1, 0.15) is 0 Å². The Labute approximate surface area is 115 Å². The van der Waals surface area contributed by atoms with Crippen molar-refractivity contribution in [3.8, 4) is 0 Å². The van der Waals surface area contributed by atoms with Crippen molar-refractivity contribution in [3.05, 3.63) is 54.6 Å². The molecule has 0 aliphatic heterocycles. The maximum Gasteiger partial charge on any atom is 0.0365 e. The molecule has 0 saturated carbocycles. The van der Waals surface area contributed by atoms with Crippen molar-refractivity contribution < 1.29 is 0 Å². The van der Waals surface area contributed by atoms with Crippen molar-refractivity contribution in [2.45, 2.75) is 0 Å². The molecule has 19 heavy (non-hydrogen) atoms. The van der Waals surface area contributed by atoms with Gasteiger partial charge in [-0.25, -0.2) is 0 Å². The summed E-state index contributed by atoms with van der Waals surface area (Å²) in [5.41, 5.74) is 8.94. The molecule has 0 bridgehead atoms. The second-order valence-corrected chi connectivity index (χ2v) is 4.77. The monoisotopic (exact) mass is 255 g/mol. The van der Waals surface area contributed by atoms with E-state index < -0.39 is 0 Å². The molecule has 0 aliphatic carbocycles. The van der Waals surface area contributed by atoms with Crippen LogP contribution in [0.3, 0.4) is 0 Å². The van der Waals surface area contributed by atoms with Gasteiger partial charge in [-0.2, -0.15) is 0 Å². The van der Waals surface area contributed by atoms with Gasteiger partial charge in [-0.3, -0.25) is 0 Å². The third kappa shape index (κ3) is 3.65. The number of likely N-dealkylation sites (N-methyl/N-ethyl adjacent to an activating group) is 2. The maximum atomic E-state index is 5.70. The zero-order chi connectivity index (χ0) is 13.7. The Hall–Kier alpha value is -2.16. The van der Waals surface area contributed by atoms with Gasteiger partial charge in [-0.05, 0) is 36.4 Å². The van der Waals surface area contributed by atoms with Crippen molar-refractivity contribution in [2.24, 2.45) is 0 Å². The molecule has 3 nitrogen and oxygen atoms in total. The minimum atomic E-state index is 0.804. The number of benzene rings is 2. The van der Waals surface area contributed by atoms with E-state index in [0.29, 0.717) is 0 Å². The van der Waals surface area contributed by atoms with E-state index >= 15 is 0 Å². The molecule has 0 amide bonds. The molecule has 0 aromatic heterocycles. The second kappa shape index (κ2) is 6.14. The number of nitrogens with two attached hydrogens (primary N) is 1. The average Bonchev–Trinajstić information content (AvgIpc) is 2.46. The molecule has 0 spiro atoms. The third-order valence-corrected chi connectivity index (χ3v) is 3.30. The highest BCUT2D eigenvalue weighted by molar-refractivity contribution is 5.53. The molecule has 0 aliphatic rings. The number of nitrogens with zero attached hydrogens (tertiary/aromatic N) is 2. The first-order valence-corrected chi connectivity index (χ1v) is 6.49. The van der Waals surface area contributed by atoms with Gasteiger partial charge in [0.2, 0.25) is 0 Å². The molecular formula is C16H21N3. The van der Waals surface area contributed by atoms with Crippen LogP contribution in [0.15, 0.2) is 54.6 Å². The number of anilines is 3. The summed E-state index contributed by atoms with van der Waals surface area (Å²) in [6, 6.07) is 18.4. The SMILES string of the molecule is CN(CCN(C)c1ccc(N)cc1)c1ccccc1. The summed E-state index contributed by atoms with van der Waals surface area (Å²) in [6.07, 6.45) is 0. The second-order valence-electron chi connectivity index (χ2n) is 4.77. The lowest BCUT2D eigenvalue weighted by atomic mass is 10.2. The van der Waals surface area contributed by atoms with Crippen LogP contribution in [0.2, 0.25) is 0 Å². The van der Waals surface area contributed by atoms with Crippen LogP contribution in [-0.4, -0.2) is 27.2 Å². The Morgan fingerprint density at radius 3 is 1.74 bits per heavy atom. The molecule has 2 N–H and O–H groups in total. The summed E-state index contributed by atoms with van der Waals surface area (Å²) in [6.45, 7) is 1.94. The number of para-hydroxylation sites is 1. The van der Waals surface area contributed by atoms with Gasteiger partial charge in [-0.15, -0.1) is 0 Å². The number of nitrogen functional groups attached to an aromatic ring is 1. The third-order valence-electron chi connectivity index (χ3n) is 3.30. The number of hydrogen-bond acceptors (Lipinski definition) is 3. The molecule has 0 heterocycles. The topological polar surface area (TPSA) is 32.5 Å². The van der Waals surface area contributed by atoms with Crippen LogP contribution in [-0.2, 0) is 0 Å². The van der Waals surface area contributed by atoms with Crippen molar-refractivity contribution in [2.75, 3.05) is 42.7 Å². The zero-order valence-corrected chi connectivity index (χ0v) is 11.6. The lowest BCUT2D eigenvalue weighted by molar-refractivity contribution is 0.833. The lowest BCUT2D eigenvalue weighted by Crippen LogP contribution is -2.30. The summed E-state index contributed by atoms with van der Waals surface area (Å²) in [5.74, 6) is 0. The van der Waals surface area contributed by atoms with Crippen LogP contribution in [0, 0.1) is 0 Å². The molecule has 2 rings (SSSR count). The highest BCUT2D eigenvalue weighted by atomic mass is 15.2. The summed E-state index contributed by atoms with van der Waals surface area (Å²) in [5, 5.41) is 0. The summed E-state index contributed by atoms with van der Waals surface area (Å²) in [4.78, 5) is 4.49. The quantitative estimate of drug-likeness (QED) is 0.834. The molecule has 3 heteroatoms. The number of hydrogen-bond donors (Lipinski definition) is 1. The van der Waals surface area contributed by atoms with Gasteiger partial charge in [0, 0.05) is 44.2 Å². The Kier molecular flexibility index (Phi) is 4.29. The highest BCUT2D eigenvalue weighted by Gasteiger charge is 2.03. The van der Waals surface area contributed by atoms with Crippen LogP contribution in [0.25, 0.3) is 0 Å². The van der Waals surface area contributed by atoms with Crippen LogP contribution in [0.5, 0.6) is 0 Å². The van der Waals surface area contributed by atoms with Crippen molar-refractivity contribution in [1.29, 1.82) is 0 Å². The van der Waals surface area contributed by atoms with Crippen LogP contribution < -0.4 is 15.5 Å². The fraction of sp³-hybridized carbons (Fsp3) is 0.250. The van der Waals surface area contributed by atoms with Crippen LogP contribution in [0.4, 0.5) is 17.1 Å². The van der Waals surface area contributed by atoms with Crippen molar-refractivity contribution in [1.82, 2.24) is 0 Å². The standard InChI is InChI=1S/C16H21N3/c1-18(15-6-4-3-5-7-15)12-13-19(2)16-10-8-14(17)9-11-16/h3-11H,12-13,17H2,1-2H3. The molecule has 0 radical (unpaired) electrons. The molecule has 0 saturated heterocycles. The van der Waals surface area contributed by atoms with E-state index in [0.717, 1.165) is 18.8 Å². The molecule has 0 atom stereocenters. The predicted molar refractivity (Wildman–Crippen MR) is 83.8 cm³/mol. The first-order chi connectivity index (χ1) is 9.16. The minimum absolute atomic E-state index is 0.804. The van der Waals surface area contributed by atoms with E-state index in [1.54, 1.807) is 0 Å². The van der Waals surface area contributed by atoms with E-state index in [1.165, 1.54) is 11.4 Å². The van der Waals surface area contributed by atoms with E-state index in [1.807, 2.05) is 18.2 Å². The molecule has 2 aromatic rings. The lowest BCUT2D eigenvalue weighted by Gasteiger charge is -2.25. The average molecular weight is 255 g/mol. The van der Waals surface area contributed by atoms with Gasteiger partial charge in [0.1, 0.15) is 0 Å². The Balaban J connectivity index is 1.90. The van der Waals surface area contributed by atoms with Gasteiger partial charge in [0.25, 0.3) is 0 Å². The largest absolute Gasteiger partial charge is 0.399 e. The van der Waals surface area contributed by atoms with Gasteiger partial charge in [0.15, 0.2) is 0 Å². The Morgan fingerprint density at radius 1 is 0.737 bits per heavy atom. The van der Waals surface area contributed by atoms with Crippen molar-refractivity contribution >= 4 is 17.1 Å². The summed E-state index contributed by atoms with van der Waals surface area (Å²) in [7, 11) is 4.22. The van der Waals surface area contributed by atoms with Crippen molar-refractivity contribution in [3.63, 3.8) is 0 Å². The maximum absolute atomic E-state index is 5.70. The summed E-state index contributed by atoms with van der Waals surface area (Å²) >= 11 is 0. The van der Waals surface area contributed by atoms with E-state index in [9.17, 15) is 0 Å². The predicted octanol–water partition coefficient (Wildman–Crippen LogP) is 2.84. The van der Waals surface area contributed by atoms with Gasteiger partial charge in [0.05, 0.1) is 0 Å².